The average Bonchev–Trinajstić information content (AvgIpc) is 2.94. The number of sulfonamides is 1. The van der Waals surface area contributed by atoms with E-state index < -0.39 is 16.0 Å². The van der Waals surface area contributed by atoms with Gasteiger partial charge in [-0.15, -0.1) is 0 Å². The van der Waals surface area contributed by atoms with E-state index in [4.69, 9.17) is 0 Å². The Kier molecular flexibility index (Phi) is 4.94. The largest absolute Gasteiger partial charge is 0.478 e. The summed E-state index contributed by atoms with van der Waals surface area (Å²) in [7, 11) is -3.29. The van der Waals surface area contributed by atoms with Crippen molar-refractivity contribution in [3.8, 4) is 0 Å². The maximum absolute atomic E-state index is 12.3. The standard InChI is InChI=1S/C18H18N2O5S/c21-17(11-13-5-1-2-8-16(13)18(22)23)19-14-6-3-7-15(12-14)20-9-4-10-26(20,24)25/h1-3,5-8,12H,4,9-11H2,(H,19,21)(H,22,23). The van der Waals surface area contributed by atoms with Gasteiger partial charge in [0.05, 0.1) is 23.4 Å². The molecule has 0 spiro atoms. The van der Waals surface area contributed by atoms with E-state index >= 15 is 0 Å². The van der Waals surface area contributed by atoms with Crippen LogP contribution in [0.2, 0.25) is 0 Å². The Hall–Kier alpha value is -2.87. The second-order valence-electron chi connectivity index (χ2n) is 5.98. The molecule has 2 aromatic rings. The summed E-state index contributed by atoms with van der Waals surface area (Å²) in [4.78, 5) is 23.5. The molecule has 0 atom stereocenters. The van der Waals surface area contributed by atoms with Gasteiger partial charge in [0.2, 0.25) is 15.9 Å². The number of aromatic carboxylic acids is 1. The highest BCUT2D eigenvalue weighted by molar-refractivity contribution is 7.93. The summed E-state index contributed by atoms with van der Waals surface area (Å²) >= 11 is 0. The fourth-order valence-electron chi connectivity index (χ4n) is 2.93. The van der Waals surface area contributed by atoms with Crippen LogP contribution in [0.3, 0.4) is 0 Å². The molecule has 7 nitrogen and oxygen atoms in total. The molecule has 1 saturated heterocycles. The monoisotopic (exact) mass is 374 g/mol. The molecule has 0 aromatic heterocycles. The summed E-state index contributed by atoms with van der Waals surface area (Å²) in [6, 6.07) is 12.9. The number of nitrogens with one attached hydrogen (secondary N) is 1. The quantitative estimate of drug-likeness (QED) is 0.834. The van der Waals surface area contributed by atoms with Crippen LogP contribution in [0.4, 0.5) is 11.4 Å². The third kappa shape index (κ3) is 3.85. The van der Waals surface area contributed by atoms with E-state index in [0.29, 0.717) is 29.9 Å². The third-order valence-corrected chi connectivity index (χ3v) is 5.99. The molecule has 0 bridgehead atoms. The number of hydrogen-bond acceptors (Lipinski definition) is 4. The SMILES string of the molecule is O=C(Cc1ccccc1C(=O)O)Nc1cccc(N2CCCS2(=O)=O)c1. The summed E-state index contributed by atoms with van der Waals surface area (Å²) < 4.78 is 25.4. The highest BCUT2D eigenvalue weighted by Crippen LogP contribution is 2.26. The normalized spacial score (nSPS) is 15.6. The van der Waals surface area contributed by atoms with Gasteiger partial charge in [0, 0.05) is 12.2 Å². The highest BCUT2D eigenvalue weighted by Gasteiger charge is 2.28. The first-order valence-electron chi connectivity index (χ1n) is 8.08. The van der Waals surface area contributed by atoms with Crippen LogP contribution < -0.4 is 9.62 Å². The van der Waals surface area contributed by atoms with Gasteiger partial charge in [-0.2, -0.15) is 0 Å². The molecule has 0 saturated carbocycles. The van der Waals surface area contributed by atoms with Gasteiger partial charge in [-0.25, -0.2) is 13.2 Å². The lowest BCUT2D eigenvalue weighted by Crippen LogP contribution is -2.25. The lowest BCUT2D eigenvalue weighted by molar-refractivity contribution is -0.115. The molecule has 2 aromatic carbocycles. The fraction of sp³-hybridized carbons (Fsp3) is 0.222. The van der Waals surface area contributed by atoms with Crippen molar-refractivity contribution in [2.45, 2.75) is 12.8 Å². The van der Waals surface area contributed by atoms with Crippen molar-refractivity contribution in [2.24, 2.45) is 0 Å². The van der Waals surface area contributed by atoms with E-state index in [2.05, 4.69) is 5.32 Å². The topological polar surface area (TPSA) is 104 Å². The van der Waals surface area contributed by atoms with Crippen molar-refractivity contribution in [1.29, 1.82) is 0 Å². The van der Waals surface area contributed by atoms with Crippen LogP contribution in [0.15, 0.2) is 48.5 Å². The highest BCUT2D eigenvalue weighted by atomic mass is 32.2. The van der Waals surface area contributed by atoms with Crippen molar-refractivity contribution in [1.82, 2.24) is 0 Å². The van der Waals surface area contributed by atoms with E-state index in [-0.39, 0.29) is 23.6 Å². The van der Waals surface area contributed by atoms with Gasteiger partial charge in [0.25, 0.3) is 0 Å². The lowest BCUT2D eigenvalue weighted by atomic mass is 10.0. The van der Waals surface area contributed by atoms with Crippen molar-refractivity contribution in [2.75, 3.05) is 21.9 Å². The molecule has 1 heterocycles. The number of anilines is 2. The molecule has 1 amide bonds. The van der Waals surface area contributed by atoms with E-state index in [1.807, 2.05) is 0 Å². The predicted octanol–water partition coefficient (Wildman–Crippen LogP) is 2.11. The first-order chi connectivity index (χ1) is 12.4. The molecule has 1 fully saturated rings. The number of benzene rings is 2. The van der Waals surface area contributed by atoms with E-state index in [1.54, 1.807) is 42.5 Å². The molecule has 3 rings (SSSR count). The van der Waals surface area contributed by atoms with Gasteiger partial charge in [-0.3, -0.25) is 9.10 Å². The second-order valence-corrected chi connectivity index (χ2v) is 7.99. The van der Waals surface area contributed by atoms with Crippen LogP contribution in [-0.4, -0.2) is 37.7 Å². The van der Waals surface area contributed by atoms with Crippen molar-refractivity contribution < 1.29 is 23.1 Å². The Morgan fingerprint density at radius 2 is 1.88 bits per heavy atom. The fourth-order valence-corrected chi connectivity index (χ4v) is 4.49. The summed E-state index contributed by atoms with van der Waals surface area (Å²) in [5.74, 6) is -1.34. The van der Waals surface area contributed by atoms with Gasteiger partial charge >= 0.3 is 5.97 Å². The molecule has 2 N–H and O–H groups in total. The van der Waals surface area contributed by atoms with Gasteiger partial charge < -0.3 is 10.4 Å². The van der Waals surface area contributed by atoms with Crippen molar-refractivity contribution in [3.05, 3.63) is 59.7 Å². The summed E-state index contributed by atoms with van der Waals surface area (Å²) in [5.41, 5.74) is 1.46. The molecule has 136 valence electrons. The van der Waals surface area contributed by atoms with Crippen LogP contribution in [0, 0.1) is 0 Å². The van der Waals surface area contributed by atoms with Crippen LogP contribution in [-0.2, 0) is 21.2 Å². The van der Waals surface area contributed by atoms with E-state index in [0.717, 1.165) is 0 Å². The number of carboxylic acid groups (broad SMARTS) is 1. The first-order valence-corrected chi connectivity index (χ1v) is 9.69. The zero-order valence-corrected chi connectivity index (χ0v) is 14.7. The Morgan fingerprint density at radius 1 is 1.12 bits per heavy atom. The summed E-state index contributed by atoms with van der Waals surface area (Å²) in [6.07, 6.45) is 0.486. The van der Waals surface area contributed by atoms with Crippen LogP contribution in [0.1, 0.15) is 22.3 Å². The molecule has 0 aliphatic carbocycles. The number of hydrogen-bond donors (Lipinski definition) is 2. The molecule has 0 unspecified atom stereocenters. The van der Waals surface area contributed by atoms with E-state index in [1.165, 1.54) is 10.4 Å². The van der Waals surface area contributed by atoms with Gasteiger partial charge in [-0.1, -0.05) is 24.3 Å². The smallest absolute Gasteiger partial charge is 0.335 e. The lowest BCUT2D eigenvalue weighted by Gasteiger charge is -2.17. The van der Waals surface area contributed by atoms with Crippen LogP contribution >= 0.6 is 0 Å². The van der Waals surface area contributed by atoms with E-state index in [9.17, 15) is 23.1 Å². The maximum atomic E-state index is 12.3. The molecular formula is C18H18N2O5S. The molecule has 1 aliphatic heterocycles. The minimum Gasteiger partial charge on any atom is -0.478 e. The minimum atomic E-state index is -3.29. The Bertz CT molecular complexity index is 956. The average molecular weight is 374 g/mol. The van der Waals surface area contributed by atoms with Gasteiger partial charge in [-0.05, 0) is 36.2 Å². The molecule has 0 radical (unpaired) electrons. The van der Waals surface area contributed by atoms with Crippen molar-refractivity contribution >= 4 is 33.3 Å². The number of amides is 1. The predicted molar refractivity (Wildman–Crippen MR) is 97.9 cm³/mol. The number of nitrogens with zero attached hydrogens (tertiary/aromatic N) is 1. The third-order valence-electron chi connectivity index (χ3n) is 4.12. The number of carbonyl (C=O) groups excluding carboxylic acids is 1. The Morgan fingerprint density at radius 3 is 2.58 bits per heavy atom. The summed E-state index contributed by atoms with van der Waals surface area (Å²) in [6.45, 7) is 0.422. The number of rotatable bonds is 5. The summed E-state index contributed by atoms with van der Waals surface area (Å²) in [5, 5.41) is 11.9. The Balaban J connectivity index is 1.75. The zero-order chi connectivity index (χ0) is 18.7. The molecular weight excluding hydrogens is 356 g/mol. The first kappa shape index (κ1) is 17.9. The minimum absolute atomic E-state index is 0.0829. The second kappa shape index (κ2) is 7.17. The van der Waals surface area contributed by atoms with Gasteiger partial charge in [0.15, 0.2) is 0 Å². The zero-order valence-electron chi connectivity index (χ0n) is 13.9. The van der Waals surface area contributed by atoms with Crippen LogP contribution in [0.5, 0.6) is 0 Å². The molecule has 1 aliphatic rings. The van der Waals surface area contributed by atoms with Crippen molar-refractivity contribution in [3.63, 3.8) is 0 Å². The number of carbonyl (C=O) groups is 2. The van der Waals surface area contributed by atoms with Gasteiger partial charge in [0.1, 0.15) is 0 Å². The molecule has 8 heteroatoms. The number of carboxylic acids is 1. The Labute approximate surface area is 151 Å². The molecule has 26 heavy (non-hydrogen) atoms. The van der Waals surface area contributed by atoms with Crippen LogP contribution in [0.25, 0.3) is 0 Å². The maximum Gasteiger partial charge on any atom is 0.335 e.